The summed E-state index contributed by atoms with van der Waals surface area (Å²) in [4.78, 5) is 27.6. The van der Waals surface area contributed by atoms with Gasteiger partial charge in [0.15, 0.2) is 5.69 Å². The lowest BCUT2D eigenvalue weighted by molar-refractivity contribution is -0.383. The minimum absolute atomic E-state index is 0.137. The summed E-state index contributed by atoms with van der Waals surface area (Å²) in [5.41, 5.74) is 1.41. The van der Waals surface area contributed by atoms with E-state index in [0.29, 0.717) is 22.4 Å². The molecule has 25 heavy (non-hydrogen) atoms. The van der Waals surface area contributed by atoms with Gasteiger partial charge in [0.2, 0.25) is 0 Å². The molecule has 3 rings (SSSR count). The van der Waals surface area contributed by atoms with E-state index in [-0.39, 0.29) is 28.9 Å². The van der Waals surface area contributed by atoms with Gasteiger partial charge < -0.3 is 4.74 Å². The number of nitro groups is 1. The molecule has 0 bridgehead atoms. The third-order valence-corrected chi connectivity index (χ3v) is 4.06. The highest BCUT2D eigenvalue weighted by Crippen LogP contribution is 2.34. The molecule has 0 aliphatic carbocycles. The Hall–Kier alpha value is -3.47. The normalized spacial score (nSPS) is 10.8. The molecule has 0 fully saturated rings. The lowest BCUT2D eigenvalue weighted by Crippen LogP contribution is -2.12. The molecule has 1 aromatic carbocycles. The molecular formula is C17H14N4O4. The van der Waals surface area contributed by atoms with Crippen LogP contribution in [0.5, 0.6) is 0 Å². The second-order valence-electron chi connectivity index (χ2n) is 5.45. The van der Waals surface area contributed by atoms with Gasteiger partial charge in [-0.2, -0.15) is 5.26 Å². The number of esters is 1. The first-order valence-electron chi connectivity index (χ1n) is 7.58. The summed E-state index contributed by atoms with van der Waals surface area (Å²) in [6.45, 7) is 5.19. The molecule has 0 saturated carbocycles. The van der Waals surface area contributed by atoms with Crippen LogP contribution in [0.25, 0.3) is 16.4 Å². The quantitative estimate of drug-likeness (QED) is 0.412. The van der Waals surface area contributed by atoms with E-state index in [1.165, 1.54) is 16.5 Å². The molecule has 126 valence electrons. The van der Waals surface area contributed by atoms with Crippen LogP contribution in [0.1, 0.15) is 34.4 Å². The molecular weight excluding hydrogens is 324 g/mol. The molecule has 8 heteroatoms. The maximum absolute atomic E-state index is 12.3. The number of imidazole rings is 1. The first-order chi connectivity index (χ1) is 11.9. The number of carbonyl (C=O) groups is 1. The number of pyridine rings is 1. The molecule has 2 aromatic heterocycles. The van der Waals surface area contributed by atoms with Crippen LogP contribution in [0.3, 0.4) is 0 Å². The van der Waals surface area contributed by atoms with Gasteiger partial charge in [0.05, 0.1) is 28.2 Å². The van der Waals surface area contributed by atoms with Gasteiger partial charge in [0.25, 0.3) is 5.69 Å². The highest BCUT2D eigenvalue weighted by atomic mass is 16.6. The molecule has 0 aliphatic rings. The third kappa shape index (κ3) is 2.29. The van der Waals surface area contributed by atoms with E-state index in [0.717, 1.165) is 0 Å². The molecule has 0 radical (unpaired) electrons. The summed E-state index contributed by atoms with van der Waals surface area (Å²) < 4.78 is 6.63. The van der Waals surface area contributed by atoms with E-state index in [1.54, 1.807) is 26.8 Å². The molecule has 0 aliphatic heterocycles. The Morgan fingerprint density at radius 1 is 1.44 bits per heavy atom. The van der Waals surface area contributed by atoms with Crippen molar-refractivity contribution >= 4 is 28.1 Å². The van der Waals surface area contributed by atoms with Crippen molar-refractivity contribution in [3.63, 3.8) is 0 Å². The summed E-state index contributed by atoms with van der Waals surface area (Å²) in [6, 6.07) is 6.56. The molecule has 0 N–H and O–H groups in total. The van der Waals surface area contributed by atoms with Crippen LogP contribution in [-0.4, -0.2) is 26.9 Å². The Morgan fingerprint density at radius 3 is 2.76 bits per heavy atom. The Kier molecular flexibility index (Phi) is 3.85. The topological polar surface area (TPSA) is 111 Å². The van der Waals surface area contributed by atoms with Crippen LogP contribution in [0, 0.1) is 35.3 Å². The minimum Gasteiger partial charge on any atom is -0.461 e. The Bertz CT molecular complexity index is 1090. The van der Waals surface area contributed by atoms with Crippen LogP contribution < -0.4 is 0 Å². The number of benzene rings is 1. The van der Waals surface area contributed by atoms with E-state index in [9.17, 15) is 20.2 Å². The second-order valence-corrected chi connectivity index (χ2v) is 5.45. The van der Waals surface area contributed by atoms with E-state index >= 15 is 0 Å². The van der Waals surface area contributed by atoms with E-state index < -0.39 is 10.9 Å². The van der Waals surface area contributed by atoms with Crippen molar-refractivity contribution < 1.29 is 14.5 Å². The molecule has 0 atom stereocenters. The summed E-state index contributed by atoms with van der Waals surface area (Å²) in [5, 5.41) is 21.7. The van der Waals surface area contributed by atoms with Crippen LogP contribution in [0.2, 0.25) is 0 Å². The van der Waals surface area contributed by atoms with Crippen molar-refractivity contribution in [2.24, 2.45) is 0 Å². The number of nitrogens with zero attached hydrogens (tertiary/aromatic N) is 4. The first kappa shape index (κ1) is 16.4. The largest absolute Gasteiger partial charge is 0.461 e. The minimum atomic E-state index is -0.552. The number of ether oxygens (including phenoxy) is 1. The van der Waals surface area contributed by atoms with Crippen molar-refractivity contribution in [2.45, 2.75) is 20.8 Å². The number of hydrogen-bond acceptors (Lipinski definition) is 6. The molecule has 3 aromatic rings. The molecule has 0 saturated heterocycles. The Balaban J connectivity index is 2.57. The molecule has 8 nitrogen and oxygen atoms in total. The highest BCUT2D eigenvalue weighted by Gasteiger charge is 2.26. The zero-order valence-electron chi connectivity index (χ0n) is 13.9. The lowest BCUT2D eigenvalue weighted by atomic mass is 10.0. The average molecular weight is 338 g/mol. The number of non-ortho nitro benzene ring substituents is 1. The average Bonchev–Trinajstić information content (AvgIpc) is 2.92. The fourth-order valence-electron chi connectivity index (χ4n) is 3.05. The fraction of sp³-hybridized carbons (Fsp3) is 0.235. The van der Waals surface area contributed by atoms with Gasteiger partial charge in [0, 0.05) is 17.1 Å². The maximum atomic E-state index is 12.3. The SMILES string of the molecule is CCOC(=O)c1c(C)nc2c3cccc([N+](=O)[O-])c3c(C#N)c(C)n12. The second kappa shape index (κ2) is 5.87. The van der Waals surface area contributed by atoms with E-state index in [4.69, 9.17) is 4.74 Å². The van der Waals surface area contributed by atoms with Crippen LogP contribution in [0.4, 0.5) is 5.69 Å². The van der Waals surface area contributed by atoms with Crippen molar-refractivity contribution in [1.29, 1.82) is 5.26 Å². The molecule has 2 heterocycles. The summed E-state index contributed by atoms with van der Waals surface area (Å²) in [7, 11) is 0. The van der Waals surface area contributed by atoms with Crippen molar-refractivity contribution in [3.8, 4) is 6.07 Å². The van der Waals surface area contributed by atoms with Crippen molar-refractivity contribution in [3.05, 3.63) is 51.0 Å². The molecule has 0 spiro atoms. The fourth-order valence-corrected chi connectivity index (χ4v) is 3.05. The van der Waals surface area contributed by atoms with Gasteiger partial charge in [0.1, 0.15) is 11.7 Å². The van der Waals surface area contributed by atoms with Gasteiger partial charge in [-0.15, -0.1) is 0 Å². The predicted octanol–water partition coefficient (Wildman–Crippen LogP) is 3.06. The summed E-state index contributed by atoms with van der Waals surface area (Å²) in [5.74, 6) is -0.552. The Labute approximate surface area is 142 Å². The van der Waals surface area contributed by atoms with Crippen LogP contribution >= 0.6 is 0 Å². The summed E-state index contributed by atoms with van der Waals surface area (Å²) in [6.07, 6.45) is 0. The van der Waals surface area contributed by atoms with Gasteiger partial charge in [-0.05, 0) is 20.8 Å². The van der Waals surface area contributed by atoms with Gasteiger partial charge >= 0.3 is 5.97 Å². The summed E-state index contributed by atoms with van der Waals surface area (Å²) >= 11 is 0. The smallest absolute Gasteiger partial charge is 0.357 e. The number of aromatic nitrogens is 2. The van der Waals surface area contributed by atoms with Crippen LogP contribution in [0.15, 0.2) is 18.2 Å². The molecule has 0 unspecified atom stereocenters. The lowest BCUT2D eigenvalue weighted by Gasteiger charge is -2.11. The standard InChI is InChI=1S/C17H14N4O4/c1-4-25-17(22)15-9(2)19-16-11-6-5-7-13(21(23)24)14(11)12(8-18)10(3)20(15)16/h5-7H,4H2,1-3H3. The number of nitro benzene ring substituents is 1. The van der Waals surface area contributed by atoms with Gasteiger partial charge in [-0.25, -0.2) is 9.78 Å². The van der Waals surface area contributed by atoms with Gasteiger partial charge in [-0.3, -0.25) is 14.5 Å². The monoisotopic (exact) mass is 338 g/mol. The highest BCUT2D eigenvalue weighted by molar-refractivity contribution is 6.05. The van der Waals surface area contributed by atoms with Gasteiger partial charge in [-0.1, -0.05) is 12.1 Å². The van der Waals surface area contributed by atoms with Crippen molar-refractivity contribution in [2.75, 3.05) is 6.61 Å². The number of aryl methyl sites for hydroxylation is 2. The van der Waals surface area contributed by atoms with E-state index in [2.05, 4.69) is 4.98 Å². The number of hydrogen-bond donors (Lipinski definition) is 0. The Morgan fingerprint density at radius 2 is 2.16 bits per heavy atom. The zero-order chi connectivity index (χ0) is 18.3. The number of fused-ring (bicyclic) bond motifs is 3. The molecule has 0 amide bonds. The number of carbonyl (C=O) groups excluding carboxylic acids is 1. The van der Waals surface area contributed by atoms with Crippen LogP contribution in [-0.2, 0) is 4.74 Å². The van der Waals surface area contributed by atoms with Crippen molar-refractivity contribution in [1.82, 2.24) is 9.38 Å². The third-order valence-electron chi connectivity index (χ3n) is 4.06. The predicted molar refractivity (Wildman–Crippen MR) is 89.5 cm³/mol. The van der Waals surface area contributed by atoms with E-state index in [1.807, 2.05) is 6.07 Å². The maximum Gasteiger partial charge on any atom is 0.357 e. The number of nitriles is 1. The number of rotatable bonds is 3. The zero-order valence-corrected chi connectivity index (χ0v) is 13.9. The first-order valence-corrected chi connectivity index (χ1v) is 7.58.